The Morgan fingerprint density at radius 1 is 1.38 bits per heavy atom. The van der Waals surface area contributed by atoms with Gasteiger partial charge in [-0.2, -0.15) is 0 Å². The Morgan fingerprint density at radius 2 is 1.92 bits per heavy atom. The Hall–Kier alpha value is 0.150. The molecule has 1 fully saturated rings. The van der Waals surface area contributed by atoms with Crippen molar-refractivity contribution < 1.29 is 14.0 Å². The molecule has 78 valence electrons. The fourth-order valence-electron chi connectivity index (χ4n) is 1.64. The Labute approximate surface area is 80.0 Å². The third kappa shape index (κ3) is 3.80. The highest BCUT2D eigenvalue weighted by molar-refractivity contribution is 7.52. The van der Waals surface area contributed by atoms with Crippen molar-refractivity contribution in [3.63, 3.8) is 0 Å². The maximum Gasteiger partial charge on any atom is 0.328 e. The summed E-state index contributed by atoms with van der Waals surface area (Å²) in [7, 11) is -3.26. The summed E-state index contributed by atoms with van der Waals surface area (Å²) in [5.41, 5.74) is 0. The topological polar surface area (TPSA) is 46.5 Å². The molecule has 1 aliphatic rings. The van der Waals surface area contributed by atoms with Crippen molar-refractivity contribution in [1.82, 2.24) is 0 Å². The molecule has 0 radical (unpaired) electrons. The van der Waals surface area contributed by atoms with E-state index in [4.69, 9.17) is 4.52 Å². The molecule has 13 heavy (non-hydrogen) atoms. The zero-order chi connectivity index (χ0) is 9.90. The summed E-state index contributed by atoms with van der Waals surface area (Å²) in [6.07, 6.45) is 4.35. The largest absolute Gasteiger partial charge is 0.328 e. The van der Waals surface area contributed by atoms with Crippen molar-refractivity contribution in [2.24, 2.45) is 5.92 Å². The molecule has 0 aliphatic heterocycles. The molecule has 0 spiro atoms. The smallest absolute Gasteiger partial charge is 0.324 e. The van der Waals surface area contributed by atoms with Gasteiger partial charge in [-0.05, 0) is 31.6 Å². The lowest BCUT2D eigenvalue weighted by molar-refractivity contribution is 0.119. The van der Waals surface area contributed by atoms with Crippen molar-refractivity contribution in [3.05, 3.63) is 0 Å². The maximum atomic E-state index is 11.3. The molecular formula is C9H19O3P. The number of hydrogen-bond acceptors (Lipinski definition) is 2. The second-order valence-corrected chi connectivity index (χ2v) is 6.06. The van der Waals surface area contributed by atoms with Gasteiger partial charge in [0, 0.05) is 6.16 Å². The molecule has 1 unspecified atom stereocenters. The van der Waals surface area contributed by atoms with Crippen molar-refractivity contribution in [1.29, 1.82) is 0 Å². The van der Waals surface area contributed by atoms with Gasteiger partial charge in [0.25, 0.3) is 0 Å². The Kier molecular flexibility index (Phi) is 3.96. The van der Waals surface area contributed by atoms with Gasteiger partial charge >= 0.3 is 7.60 Å². The van der Waals surface area contributed by atoms with Gasteiger partial charge in [0.2, 0.25) is 0 Å². The summed E-state index contributed by atoms with van der Waals surface area (Å²) >= 11 is 0. The van der Waals surface area contributed by atoms with Gasteiger partial charge in [-0.15, -0.1) is 0 Å². The first kappa shape index (κ1) is 11.2. The summed E-state index contributed by atoms with van der Waals surface area (Å²) < 4.78 is 16.5. The van der Waals surface area contributed by atoms with Crippen LogP contribution in [0, 0.1) is 5.92 Å². The second-order valence-electron chi connectivity index (χ2n) is 3.94. The number of rotatable bonds is 3. The van der Waals surface area contributed by atoms with E-state index in [1.54, 1.807) is 6.92 Å². The van der Waals surface area contributed by atoms with Crippen LogP contribution in [0.2, 0.25) is 0 Å². The summed E-state index contributed by atoms with van der Waals surface area (Å²) in [6.45, 7) is 3.90. The average Bonchev–Trinajstić information content (AvgIpc) is 2.09. The maximum absolute atomic E-state index is 11.3. The predicted molar refractivity (Wildman–Crippen MR) is 52.9 cm³/mol. The lowest BCUT2D eigenvalue weighted by Gasteiger charge is -2.27. The predicted octanol–water partition coefficient (Wildman–Crippen LogP) is 2.79. The van der Waals surface area contributed by atoms with Crippen LogP contribution < -0.4 is 0 Å². The van der Waals surface area contributed by atoms with Gasteiger partial charge in [0.15, 0.2) is 0 Å². The molecule has 1 atom stereocenters. The van der Waals surface area contributed by atoms with Crippen LogP contribution in [0.15, 0.2) is 0 Å². The highest BCUT2D eigenvalue weighted by atomic mass is 31.2. The molecule has 0 aromatic carbocycles. The number of hydrogen-bond donors (Lipinski definition) is 1. The Bertz CT molecular complexity index is 197. The third-order valence-corrected chi connectivity index (χ3v) is 4.10. The van der Waals surface area contributed by atoms with Crippen LogP contribution in [-0.4, -0.2) is 17.2 Å². The molecule has 0 heterocycles. The SMILES string of the molecule is CCP(=O)(O)OC1CCC(C)CC1. The molecule has 0 amide bonds. The molecule has 1 N–H and O–H groups in total. The molecule has 0 aromatic heterocycles. The molecule has 0 bridgehead atoms. The summed E-state index contributed by atoms with van der Waals surface area (Å²) in [4.78, 5) is 9.27. The lowest BCUT2D eigenvalue weighted by atomic mass is 9.89. The van der Waals surface area contributed by atoms with Crippen molar-refractivity contribution in [2.75, 3.05) is 6.16 Å². The first-order valence-electron chi connectivity index (χ1n) is 5.03. The quantitative estimate of drug-likeness (QED) is 0.722. The van der Waals surface area contributed by atoms with E-state index < -0.39 is 7.60 Å². The van der Waals surface area contributed by atoms with Crippen LogP contribution in [0.1, 0.15) is 39.5 Å². The minimum Gasteiger partial charge on any atom is -0.324 e. The first-order valence-corrected chi connectivity index (χ1v) is 6.80. The van der Waals surface area contributed by atoms with E-state index in [9.17, 15) is 9.46 Å². The summed E-state index contributed by atoms with van der Waals surface area (Å²) in [6, 6.07) is 0. The summed E-state index contributed by atoms with van der Waals surface area (Å²) in [5.74, 6) is 0.750. The molecule has 0 saturated heterocycles. The van der Waals surface area contributed by atoms with Gasteiger partial charge in [-0.25, -0.2) is 0 Å². The van der Waals surface area contributed by atoms with Crippen molar-refractivity contribution in [3.8, 4) is 0 Å². The van der Waals surface area contributed by atoms with Gasteiger partial charge in [-0.3, -0.25) is 4.57 Å². The van der Waals surface area contributed by atoms with Crippen LogP contribution >= 0.6 is 7.60 Å². The van der Waals surface area contributed by atoms with E-state index in [2.05, 4.69) is 6.92 Å². The van der Waals surface area contributed by atoms with Crippen molar-refractivity contribution in [2.45, 2.75) is 45.6 Å². The lowest BCUT2D eigenvalue weighted by Crippen LogP contribution is -2.19. The molecule has 1 rings (SSSR count). The van der Waals surface area contributed by atoms with Crippen LogP contribution in [0.3, 0.4) is 0 Å². The first-order chi connectivity index (χ1) is 6.03. The van der Waals surface area contributed by atoms with E-state index in [1.807, 2.05) is 0 Å². The molecular weight excluding hydrogens is 187 g/mol. The van der Waals surface area contributed by atoms with Gasteiger partial charge in [0.05, 0.1) is 6.10 Å². The highest BCUT2D eigenvalue weighted by Gasteiger charge is 2.26. The molecule has 4 heteroatoms. The van der Waals surface area contributed by atoms with Crippen LogP contribution in [0.25, 0.3) is 0 Å². The fourth-order valence-corrected chi connectivity index (χ4v) is 2.47. The van der Waals surface area contributed by atoms with Crippen LogP contribution in [0.5, 0.6) is 0 Å². The third-order valence-electron chi connectivity index (χ3n) is 2.68. The van der Waals surface area contributed by atoms with Gasteiger partial charge in [-0.1, -0.05) is 13.8 Å². The highest BCUT2D eigenvalue weighted by Crippen LogP contribution is 2.45. The zero-order valence-electron chi connectivity index (χ0n) is 8.40. The van der Waals surface area contributed by atoms with Crippen LogP contribution in [-0.2, 0) is 9.09 Å². The van der Waals surface area contributed by atoms with Gasteiger partial charge < -0.3 is 9.42 Å². The minimum absolute atomic E-state index is 0.0204. The van der Waals surface area contributed by atoms with E-state index in [1.165, 1.54) is 0 Å². The average molecular weight is 206 g/mol. The van der Waals surface area contributed by atoms with E-state index in [0.717, 1.165) is 31.6 Å². The Balaban J connectivity index is 2.34. The Morgan fingerprint density at radius 3 is 2.38 bits per heavy atom. The zero-order valence-corrected chi connectivity index (χ0v) is 9.30. The molecule has 1 aliphatic carbocycles. The van der Waals surface area contributed by atoms with E-state index >= 15 is 0 Å². The van der Waals surface area contributed by atoms with E-state index in [-0.39, 0.29) is 12.3 Å². The van der Waals surface area contributed by atoms with Gasteiger partial charge in [0.1, 0.15) is 0 Å². The molecule has 0 aromatic rings. The molecule has 1 saturated carbocycles. The standard InChI is InChI=1S/C9H19O3P/c1-3-13(10,11)12-9-6-4-8(2)5-7-9/h8-9H,3-7H2,1-2H3,(H,10,11). The van der Waals surface area contributed by atoms with E-state index in [0.29, 0.717) is 0 Å². The molecule has 3 nitrogen and oxygen atoms in total. The second kappa shape index (κ2) is 4.59. The van der Waals surface area contributed by atoms with Crippen LogP contribution in [0.4, 0.5) is 0 Å². The normalized spacial score (nSPS) is 34.1. The fraction of sp³-hybridized carbons (Fsp3) is 1.00. The minimum atomic E-state index is -3.26. The van der Waals surface area contributed by atoms with Crippen molar-refractivity contribution >= 4 is 7.60 Å². The summed E-state index contributed by atoms with van der Waals surface area (Å²) in [5, 5.41) is 0. The monoisotopic (exact) mass is 206 g/mol.